The Morgan fingerprint density at radius 3 is 2.69 bits per heavy atom. The summed E-state index contributed by atoms with van der Waals surface area (Å²) in [5.41, 5.74) is 1.73. The molecule has 150 valence electrons. The summed E-state index contributed by atoms with van der Waals surface area (Å²) in [6, 6.07) is 10.7. The third-order valence-corrected chi connectivity index (χ3v) is 6.40. The molecule has 0 spiro atoms. The lowest BCUT2D eigenvalue weighted by Gasteiger charge is -2.32. The van der Waals surface area contributed by atoms with Crippen molar-refractivity contribution in [3.63, 3.8) is 0 Å². The minimum Gasteiger partial charge on any atom is -0.507 e. The first-order valence-corrected chi connectivity index (χ1v) is 10.8. The van der Waals surface area contributed by atoms with Gasteiger partial charge in [0.2, 0.25) is 5.95 Å². The predicted octanol–water partition coefficient (Wildman–Crippen LogP) is 3.80. The van der Waals surface area contributed by atoms with E-state index in [1.165, 1.54) is 6.07 Å². The van der Waals surface area contributed by atoms with Crippen LogP contribution >= 0.6 is 27.3 Å². The van der Waals surface area contributed by atoms with E-state index >= 15 is 0 Å². The number of likely N-dealkylation sites (N-methyl/N-ethyl adjacent to an activating group) is 1. The highest BCUT2D eigenvalue weighted by Gasteiger charge is 2.23. The van der Waals surface area contributed by atoms with Crippen LogP contribution in [0.15, 0.2) is 46.4 Å². The van der Waals surface area contributed by atoms with Gasteiger partial charge in [0.05, 0.1) is 19.9 Å². The van der Waals surface area contributed by atoms with Crippen molar-refractivity contribution in [2.45, 2.75) is 0 Å². The fraction of sp³-hybridized carbons (Fsp3) is 0.250. The highest BCUT2D eigenvalue weighted by atomic mass is 79.9. The van der Waals surface area contributed by atoms with Gasteiger partial charge >= 0.3 is 0 Å². The molecule has 0 unspecified atom stereocenters. The molecular weight excluding hydrogens is 454 g/mol. The lowest BCUT2D eigenvalue weighted by Crippen LogP contribution is -2.47. The van der Waals surface area contributed by atoms with E-state index in [0.717, 1.165) is 27.4 Å². The molecule has 1 saturated heterocycles. The molecule has 0 atom stereocenters. The monoisotopic (exact) mass is 473 g/mol. The van der Waals surface area contributed by atoms with Crippen LogP contribution in [0, 0.1) is 0 Å². The van der Waals surface area contributed by atoms with Crippen molar-refractivity contribution in [3.05, 3.63) is 51.9 Å². The SMILES string of the molecule is CN1CCN(C(=O)c2cc(Nc3nccc(-c4ccc(Br)s4)n3)ccc2O)CC1. The van der Waals surface area contributed by atoms with Gasteiger partial charge < -0.3 is 20.2 Å². The summed E-state index contributed by atoms with van der Waals surface area (Å²) in [7, 11) is 2.03. The van der Waals surface area contributed by atoms with Crippen molar-refractivity contribution >= 4 is 44.8 Å². The molecule has 0 saturated carbocycles. The number of amides is 1. The summed E-state index contributed by atoms with van der Waals surface area (Å²) in [6.07, 6.45) is 1.69. The Hall–Kier alpha value is -2.49. The number of nitrogens with one attached hydrogen (secondary N) is 1. The third kappa shape index (κ3) is 4.58. The number of hydrogen-bond acceptors (Lipinski definition) is 7. The van der Waals surface area contributed by atoms with Crippen LogP contribution in [0.25, 0.3) is 10.6 Å². The van der Waals surface area contributed by atoms with Crippen LogP contribution in [0.2, 0.25) is 0 Å². The van der Waals surface area contributed by atoms with Gasteiger partial charge in [0, 0.05) is 38.1 Å². The van der Waals surface area contributed by atoms with Crippen molar-refractivity contribution in [3.8, 4) is 16.3 Å². The van der Waals surface area contributed by atoms with Crippen molar-refractivity contribution in [1.29, 1.82) is 0 Å². The molecule has 1 fully saturated rings. The Morgan fingerprint density at radius 1 is 1.17 bits per heavy atom. The van der Waals surface area contributed by atoms with Crippen LogP contribution in [0.1, 0.15) is 10.4 Å². The number of aromatic hydroxyl groups is 1. The first kappa shape index (κ1) is 19.8. The second-order valence-electron chi connectivity index (χ2n) is 6.82. The molecule has 2 N–H and O–H groups in total. The van der Waals surface area contributed by atoms with Gasteiger partial charge in [-0.3, -0.25) is 4.79 Å². The summed E-state index contributed by atoms with van der Waals surface area (Å²) in [4.78, 5) is 26.7. The van der Waals surface area contributed by atoms with E-state index in [9.17, 15) is 9.90 Å². The number of nitrogens with zero attached hydrogens (tertiary/aromatic N) is 4. The van der Waals surface area contributed by atoms with Gasteiger partial charge in [-0.1, -0.05) is 0 Å². The number of carbonyl (C=O) groups excluding carboxylic acids is 1. The minimum atomic E-state index is -0.169. The molecule has 0 bridgehead atoms. The summed E-state index contributed by atoms with van der Waals surface area (Å²) in [6.45, 7) is 2.94. The molecule has 29 heavy (non-hydrogen) atoms. The number of phenols is 1. The van der Waals surface area contributed by atoms with Crippen molar-refractivity contribution < 1.29 is 9.90 Å². The predicted molar refractivity (Wildman–Crippen MR) is 118 cm³/mol. The van der Waals surface area contributed by atoms with Crippen LogP contribution in [-0.4, -0.2) is 64.0 Å². The zero-order chi connectivity index (χ0) is 20.4. The largest absolute Gasteiger partial charge is 0.507 e. The molecule has 4 rings (SSSR count). The molecule has 2 aromatic heterocycles. The number of phenolic OH excluding ortho intramolecular Hbond substituents is 1. The second kappa shape index (κ2) is 8.48. The molecule has 3 heterocycles. The average Bonchev–Trinajstić information content (AvgIpc) is 3.16. The first-order valence-electron chi connectivity index (χ1n) is 9.16. The number of carbonyl (C=O) groups is 1. The van der Waals surface area contributed by atoms with Gasteiger partial charge in [-0.2, -0.15) is 0 Å². The molecule has 0 radical (unpaired) electrons. The molecule has 1 amide bonds. The molecule has 9 heteroatoms. The molecule has 1 aromatic carbocycles. The lowest BCUT2D eigenvalue weighted by molar-refractivity contribution is 0.0661. The Bertz CT molecular complexity index is 1030. The average molecular weight is 474 g/mol. The van der Waals surface area contributed by atoms with E-state index in [1.807, 2.05) is 25.2 Å². The fourth-order valence-electron chi connectivity index (χ4n) is 3.10. The Labute approximate surface area is 181 Å². The van der Waals surface area contributed by atoms with E-state index in [1.54, 1.807) is 34.6 Å². The smallest absolute Gasteiger partial charge is 0.257 e. The number of thiophene rings is 1. The van der Waals surface area contributed by atoms with Gasteiger partial charge in [0.1, 0.15) is 5.75 Å². The standard InChI is InChI=1S/C20H20BrN5O2S/c1-25-8-10-26(11-9-25)19(28)14-12-13(2-3-16(14)27)23-20-22-7-6-15(24-20)17-4-5-18(21)29-17/h2-7,12,27H,8-11H2,1H3,(H,22,23,24). The normalized spacial score (nSPS) is 14.8. The first-order chi connectivity index (χ1) is 14.0. The van der Waals surface area contributed by atoms with Gasteiger partial charge in [-0.05, 0) is 59.4 Å². The van der Waals surface area contributed by atoms with Crippen LogP contribution in [0.4, 0.5) is 11.6 Å². The number of aromatic nitrogens is 2. The number of anilines is 2. The van der Waals surface area contributed by atoms with Crippen LogP contribution in [0.5, 0.6) is 5.75 Å². The quantitative estimate of drug-likeness (QED) is 0.560. The molecule has 7 nitrogen and oxygen atoms in total. The van der Waals surface area contributed by atoms with E-state index in [-0.39, 0.29) is 17.2 Å². The molecule has 1 aliphatic heterocycles. The highest BCUT2D eigenvalue weighted by Crippen LogP contribution is 2.31. The zero-order valence-corrected chi connectivity index (χ0v) is 18.2. The van der Waals surface area contributed by atoms with Crippen LogP contribution in [0.3, 0.4) is 0 Å². The van der Waals surface area contributed by atoms with E-state index < -0.39 is 0 Å². The second-order valence-corrected chi connectivity index (χ2v) is 9.28. The summed E-state index contributed by atoms with van der Waals surface area (Å²) in [5, 5.41) is 13.4. The highest BCUT2D eigenvalue weighted by molar-refractivity contribution is 9.11. The van der Waals surface area contributed by atoms with Gasteiger partial charge in [-0.15, -0.1) is 11.3 Å². The van der Waals surface area contributed by atoms with Crippen LogP contribution < -0.4 is 5.32 Å². The van der Waals surface area contributed by atoms with E-state index in [2.05, 4.69) is 36.1 Å². The summed E-state index contributed by atoms with van der Waals surface area (Å²) >= 11 is 5.06. The van der Waals surface area contributed by atoms with E-state index in [4.69, 9.17) is 0 Å². The van der Waals surface area contributed by atoms with E-state index in [0.29, 0.717) is 24.7 Å². The maximum Gasteiger partial charge on any atom is 0.257 e. The minimum absolute atomic E-state index is 0.0300. The number of halogens is 1. The Balaban J connectivity index is 1.54. The van der Waals surface area contributed by atoms with Crippen molar-refractivity contribution in [2.24, 2.45) is 0 Å². The number of benzene rings is 1. The Kier molecular flexibility index (Phi) is 5.79. The molecule has 3 aromatic rings. The topological polar surface area (TPSA) is 81.6 Å². The van der Waals surface area contributed by atoms with Gasteiger partial charge in [0.25, 0.3) is 5.91 Å². The maximum absolute atomic E-state index is 12.9. The van der Waals surface area contributed by atoms with Crippen molar-refractivity contribution in [1.82, 2.24) is 19.8 Å². The van der Waals surface area contributed by atoms with Crippen LogP contribution in [-0.2, 0) is 0 Å². The third-order valence-electron chi connectivity index (χ3n) is 4.75. The molecule has 1 aliphatic rings. The fourth-order valence-corrected chi connectivity index (χ4v) is 4.46. The van der Waals surface area contributed by atoms with Gasteiger partial charge in [-0.25, -0.2) is 9.97 Å². The maximum atomic E-state index is 12.9. The van der Waals surface area contributed by atoms with Crippen molar-refractivity contribution in [2.75, 3.05) is 38.5 Å². The molecule has 0 aliphatic carbocycles. The summed E-state index contributed by atoms with van der Waals surface area (Å²) in [5.74, 6) is 0.227. The van der Waals surface area contributed by atoms with Gasteiger partial charge in [0.15, 0.2) is 0 Å². The number of piperazine rings is 1. The number of rotatable bonds is 4. The Morgan fingerprint density at radius 2 is 1.97 bits per heavy atom. The molecular formula is C20H20BrN5O2S. The summed E-state index contributed by atoms with van der Waals surface area (Å²) < 4.78 is 1.03. The number of hydrogen-bond donors (Lipinski definition) is 2. The zero-order valence-electron chi connectivity index (χ0n) is 15.8. The lowest BCUT2D eigenvalue weighted by atomic mass is 10.1.